The van der Waals surface area contributed by atoms with E-state index in [4.69, 9.17) is 0 Å². The second-order valence-corrected chi connectivity index (χ2v) is 6.55. The summed E-state index contributed by atoms with van der Waals surface area (Å²) in [7, 11) is 0. The van der Waals surface area contributed by atoms with Gasteiger partial charge in [-0.05, 0) is 30.9 Å². The molecule has 0 aliphatic carbocycles. The summed E-state index contributed by atoms with van der Waals surface area (Å²) in [5, 5.41) is 0. The molecule has 23 heavy (non-hydrogen) atoms. The van der Waals surface area contributed by atoms with Gasteiger partial charge in [-0.1, -0.05) is 24.3 Å². The van der Waals surface area contributed by atoms with Crippen molar-refractivity contribution in [2.24, 2.45) is 0 Å². The Balaban J connectivity index is 1.71. The number of nitrogens with zero attached hydrogens (tertiary/aromatic N) is 2. The van der Waals surface area contributed by atoms with Crippen molar-refractivity contribution in [1.29, 1.82) is 0 Å². The number of benzene rings is 1. The molecule has 6 heteroatoms. The van der Waals surface area contributed by atoms with Crippen LogP contribution in [-0.4, -0.2) is 47.1 Å². The van der Waals surface area contributed by atoms with E-state index in [9.17, 15) is 18.0 Å². The molecule has 0 unspecified atom stereocenters. The molecule has 0 spiro atoms. The lowest BCUT2D eigenvalue weighted by atomic mass is 10.0. The van der Waals surface area contributed by atoms with E-state index in [2.05, 4.69) is 4.90 Å². The zero-order valence-electron chi connectivity index (χ0n) is 13.1. The number of carbonyl (C=O) groups excluding carboxylic acids is 1. The van der Waals surface area contributed by atoms with Crippen LogP contribution in [-0.2, 0) is 17.8 Å². The molecule has 0 bridgehead atoms. The number of rotatable bonds is 3. The molecule has 1 aromatic carbocycles. The first-order valence-corrected chi connectivity index (χ1v) is 8.02. The van der Waals surface area contributed by atoms with E-state index in [0.29, 0.717) is 6.54 Å². The second-order valence-electron chi connectivity index (χ2n) is 6.55. The molecule has 0 aromatic heterocycles. The van der Waals surface area contributed by atoms with Gasteiger partial charge in [0.2, 0.25) is 5.91 Å². The number of alkyl halides is 3. The summed E-state index contributed by atoms with van der Waals surface area (Å²) in [5.41, 5.74) is 1.10. The summed E-state index contributed by atoms with van der Waals surface area (Å²) >= 11 is 0. The predicted molar refractivity (Wildman–Crippen MR) is 80.8 cm³/mol. The Morgan fingerprint density at radius 1 is 1.26 bits per heavy atom. The van der Waals surface area contributed by atoms with Gasteiger partial charge in [-0.3, -0.25) is 9.69 Å². The number of halogens is 3. The molecule has 2 fully saturated rings. The van der Waals surface area contributed by atoms with Crippen molar-refractivity contribution in [2.75, 3.05) is 13.1 Å². The highest BCUT2D eigenvalue weighted by molar-refractivity contribution is 5.83. The third-order valence-corrected chi connectivity index (χ3v) is 4.79. The van der Waals surface area contributed by atoms with Crippen LogP contribution in [0.2, 0.25) is 0 Å². The van der Waals surface area contributed by atoms with Crippen LogP contribution < -0.4 is 0 Å². The highest BCUT2D eigenvalue weighted by Gasteiger charge is 2.40. The predicted octanol–water partition coefficient (Wildman–Crippen LogP) is 2.99. The minimum Gasteiger partial charge on any atom is -0.337 e. The van der Waals surface area contributed by atoms with Crippen LogP contribution in [0.15, 0.2) is 24.3 Å². The highest BCUT2D eigenvalue weighted by Crippen LogP contribution is 2.27. The Morgan fingerprint density at radius 2 is 2.00 bits per heavy atom. The second kappa shape index (κ2) is 6.15. The lowest BCUT2D eigenvalue weighted by molar-refractivity contribution is -0.143. The van der Waals surface area contributed by atoms with E-state index in [-0.39, 0.29) is 23.6 Å². The van der Waals surface area contributed by atoms with E-state index in [1.54, 1.807) is 12.1 Å². The fraction of sp³-hybridized carbons (Fsp3) is 0.588. The maximum Gasteiger partial charge on any atom is 0.393 e. The number of fused-ring (bicyclic) bond motifs is 1. The lowest BCUT2D eigenvalue weighted by Gasteiger charge is -2.41. The Kier molecular flexibility index (Phi) is 4.36. The van der Waals surface area contributed by atoms with E-state index in [1.807, 2.05) is 17.9 Å². The molecule has 3 rings (SSSR count). The molecule has 0 saturated carbocycles. The lowest BCUT2D eigenvalue weighted by Crippen LogP contribution is -2.58. The number of piperazine rings is 1. The van der Waals surface area contributed by atoms with Crippen molar-refractivity contribution in [3.05, 3.63) is 35.4 Å². The Bertz CT molecular complexity index is 587. The van der Waals surface area contributed by atoms with Crippen LogP contribution in [0.5, 0.6) is 0 Å². The molecule has 126 valence electrons. The first-order valence-electron chi connectivity index (χ1n) is 8.02. The number of hydrogen-bond acceptors (Lipinski definition) is 2. The standard InChI is InChI=1S/C17H21F3N2O/c1-12-16(23)22-7-3-6-15(22)11-21(12)10-14-5-2-4-13(8-14)9-17(18,19)20/h2,4-5,8,12,15H,3,6-7,9-11H2,1H3/t12-,15+/m0/s1. The van der Waals surface area contributed by atoms with Gasteiger partial charge in [0.1, 0.15) is 0 Å². The van der Waals surface area contributed by atoms with Crippen molar-refractivity contribution in [3.8, 4) is 0 Å². The average molecular weight is 326 g/mol. The molecule has 1 aromatic rings. The van der Waals surface area contributed by atoms with Crippen molar-refractivity contribution >= 4 is 5.91 Å². The average Bonchev–Trinajstić information content (AvgIpc) is 2.91. The number of hydrogen-bond donors (Lipinski definition) is 0. The first kappa shape index (κ1) is 16.3. The van der Waals surface area contributed by atoms with Gasteiger partial charge < -0.3 is 4.90 Å². The van der Waals surface area contributed by atoms with Gasteiger partial charge in [0, 0.05) is 25.7 Å². The third-order valence-electron chi connectivity index (χ3n) is 4.79. The highest BCUT2D eigenvalue weighted by atomic mass is 19.4. The van der Waals surface area contributed by atoms with E-state index in [0.717, 1.165) is 31.5 Å². The summed E-state index contributed by atoms with van der Waals surface area (Å²) in [6.45, 7) is 4.04. The Labute approximate surface area is 134 Å². The van der Waals surface area contributed by atoms with Crippen molar-refractivity contribution in [1.82, 2.24) is 9.80 Å². The van der Waals surface area contributed by atoms with E-state index in [1.165, 1.54) is 6.07 Å². The molecule has 2 aliphatic heterocycles. The fourth-order valence-corrected chi connectivity index (χ4v) is 3.65. The summed E-state index contributed by atoms with van der Waals surface area (Å²) in [4.78, 5) is 16.4. The van der Waals surface area contributed by atoms with Crippen molar-refractivity contribution < 1.29 is 18.0 Å². The molecule has 0 N–H and O–H groups in total. The summed E-state index contributed by atoms with van der Waals surface area (Å²) in [6, 6.07) is 6.65. The van der Waals surface area contributed by atoms with Crippen LogP contribution in [0.3, 0.4) is 0 Å². The number of amides is 1. The van der Waals surface area contributed by atoms with Gasteiger partial charge in [-0.15, -0.1) is 0 Å². The normalized spacial score (nSPS) is 25.7. The van der Waals surface area contributed by atoms with Crippen molar-refractivity contribution in [3.63, 3.8) is 0 Å². The zero-order valence-corrected chi connectivity index (χ0v) is 13.1. The van der Waals surface area contributed by atoms with Gasteiger partial charge >= 0.3 is 6.18 Å². The molecule has 2 aliphatic rings. The van der Waals surface area contributed by atoms with Crippen LogP contribution in [0, 0.1) is 0 Å². The van der Waals surface area contributed by atoms with Gasteiger partial charge in [0.15, 0.2) is 0 Å². The Morgan fingerprint density at radius 3 is 2.74 bits per heavy atom. The maximum atomic E-state index is 12.5. The maximum absolute atomic E-state index is 12.5. The van der Waals surface area contributed by atoms with E-state index >= 15 is 0 Å². The van der Waals surface area contributed by atoms with Crippen LogP contribution in [0.1, 0.15) is 30.9 Å². The first-order chi connectivity index (χ1) is 10.8. The quantitative estimate of drug-likeness (QED) is 0.852. The smallest absolute Gasteiger partial charge is 0.337 e. The molecule has 2 heterocycles. The monoisotopic (exact) mass is 326 g/mol. The van der Waals surface area contributed by atoms with Crippen LogP contribution in [0.4, 0.5) is 13.2 Å². The molecule has 3 nitrogen and oxygen atoms in total. The van der Waals surface area contributed by atoms with Crippen LogP contribution in [0.25, 0.3) is 0 Å². The van der Waals surface area contributed by atoms with Gasteiger partial charge in [0.05, 0.1) is 12.5 Å². The molecular formula is C17H21F3N2O. The molecule has 2 saturated heterocycles. The minimum absolute atomic E-state index is 0.144. The zero-order chi connectivity index (χ0) is 16.6. The summed E-state index contributed by atoms with van der Waals surface area (Å²) in [5.74, 6) is 0.144. The van der Waals surface area contributed by atoms with Gasteiger partial charge in [-0.2, -0.15) is 13.2 Å². The fourth-order valence-electron chi connectivity index (χ4n) is 3.65. The van der Waals surface area contributed by atoms with E-state index < -0.39 is 12.6 Å². The molecule has 0 radical (unpaired) electrons. The summed E-state index contributed by atoms with van der Waals surface area (Å²) < 4.78 is 37.6. The van der Waals surface area contributed by atoms with Gasteiger partial charge in [0.25, 0.3) is 0 Å². The SMILES string of the molecule is C[C@H]1C(=O)N2CCC[C@@H]2CN1Cc1cccc(CC(F)(F)F)c1. The Hall–Kier alpha value is -1.56. The molecule has 2 atom stereocenters. The van der Waals surface area contributed by atoms with Crippen LogP contribution >= 0.6 is 0 Å². The number of carbonyl (C=O) groups is 1. The largest absolute Gasteiger partial charge is 0.393 e. The minimum atomic E-state index is -4.20. The third kappa shape index (κ3) is 3.68. The van der Waals surface area contributed by atoms with Gasteiger partial charge in [-0.25, -0.2) is 0 Å². The topological polar surface area (TPSA) is 23.6 Å². The summed E-state index contributed by atoms with van der Waals surface area (Å²) in [6.07, 6.45) is -3.05. The van der Waals surface area contributed by atoms with Crippen molar-refractivity contribution in [2.45, 2.75) is 51.0 Å². The molecular weight excluding hydrogens is 305 g/mol. The molecule has 1 amide bonds.